The number of phenols is 1. The highest BCUT2D eigenvalue weighted by Gasteiger charge is 2.08. The summed E-state index contributed by atoms with van der Waals surface area (Å²) in [4.78, 5) is 10.3. The molecule has 0 heterocycles. The SMILES string of the molecule is CCCCCCCCCCCCCCCCCCNC(=S)N/N=C/c1cc([N+](=O)[O-])ccc1O. The number of nitro groups is 1. The number of rotatable bonds is 20. The van der Waals surface area contributed by atoms with Crippen molar-refractivity contribution in [1.82, 2.24) is 10.7 Å². The average molecular weight is 493 g/mol. The normalized spacial score (nSPS) is 11.1. The highest BCUT2D eigenvalue weighted by Crippen LogP contribution is 2.21. The van der Waals surface area contributed by atoms with Crippen LogP contribution in [0, 0.1) is 10.1 Å². The van der Waals surface area contributed by atoms with E-state index in [1.807, 2.05) is 0 Å². The highest BCUT2D eigenvalue weighted by molar-refractivity contribution is 7.80. The first-order valence-corrected chi connectivity index (χ1v) is 13.5. The van der Waals surface area contributed by atoms with Crippen molar-refractivity contribution in [2.24, 2.45) is 5.10 Å². The van der Waals surface area contributed by atoms with Crippen LogP contribution in [-0.2, 0) is 0 Å². The van der Waals surface area contributed by atoms with Gasteiger partial charge in [-0.3, -0.25) is 15.5 Å². The minimum Gasteiger partial charge on any atom is -0.507 e. The zero-order chi connectivity index (χ0) is 24.9. The first kappa shape index (κ1) is 29.8. The summed E-state index contributed by atoms with van der Waals surface area (Å²) in [7, 11) is 0. The molecule has 0 atom stereocenters. The molecule has 1 rings (SSSR count). The molecule has 0 radical (unpaired) electrons. The van der Waals surface area contributed by atoms with Crippen LogP contribution in [0.15, 0.2) is 23.3 Å². The number of non-ortho nitro benzene ring substituents is 1. The van der Waals surface area contributed by atoms with Gasteiger partial charge in [-0.2, -0.15) is 5.10 Å². The molecule has 7 nitrogen and oxygen atoms in total. The number of phenolic OH excluding ortho intramolecular Hbond substituents is 1. The van der Waals surface area contributed by atoms with Crippen LogP contribution in [0.2, 0.25) is 0 Å². The van der Waals surface area contributed by atoms with Crippen molar-refractivity contribution in [1.29, 1.82) is 0 Å². The second kappa shape index (κ2) is 20.2. The van der Waals surface area contributed by atoms with Gasteiger partial charge < -0.3 is 10.4 Å². The number of hydrogen-bond donors (Lipinski definition) is 3. The Morgan fingerprint density at radius 1 is 0.941 bits per heavy atom. The maximum atomic E-state index is 10.8. The molecule has 1 aromatic carbocycles. The largest absolute Gasteiger partial charge is 0.507 e. The molecule has 0 saturated carbocycles. The van der Waals surface area contributed by atoms with Crippen molar-refractivity contribution in [3.05, 3.63) is 33.9 Å². The van der Waals surface area contributed by atoms with Gasteiger partial charge >= 0.3 is 0 Å². The number of nitrogens with one attached hydrogen (secondary N) is 2. The zero-order valence-corrected chi connectivity index (χ0v) is 21.7. The van der Waals surface area contributed by atoms with E-state index in [0.717, 1.165) is 13.0 Å². The second-order valence-corrected chi connectivity index (χ2v) is 9.34. The van der Waals surface area contributed by atoms with Crippen molar-refractivity contribution in [3.63, 3.8) is 0 Å². The Hall–Kier alpha value is -2.22. The van der Waals surface area contributed by atoms with Gasteiger partial charge in [0.15, 0.2) is 5.11 Å². The molecule has 8 heteroatoms. The van der Waals surface area contributed by atoms with Gasteiger partial charge in [0, 0.05) is 24.2 Å². The van der Waals surface area contributed by atoms with E-state index < -0.39 is 4.92 Å². The number of hydrazone groups is 1. The van der Waals surface area contributed by atoms with E-state index in [1.165, 1.54) is 121 Å². The van der Waals surface area contributed by atoms with E-state index in [4.69, 9.17) is 12.2 Å². The lowest BCUT2D eigenvalue weighted by molar-refractivity contribution is -0.384. The maximum Gasteiger partial charge on any atom is 0.270 e. The Balaban J connectivity index is 1.92. The first-order chi connectivity index (χ1) is 16.5. The summed E-state index contributed by atoms with van der Waals surface area (Å²) < 4.78 is 0. The average Bonchev–Trinajstić information content (AvgIpc) is 2.82. The molecule has 0 unspecified atom stereocenters. The minimum atomic E-state index is -0.519. The van der Waals surface area contributed by atoms with Gasteiger partial charge in [0.1, 0.15) is 5.75 Å². The molecular weight excluding hydrogens is 448 g/mol. The minimum absolute atomic E-state index is 0.0804. The fraction of sp³-hybridized carbons (Fsp3) is 0.692. The van der Waals surface area contributed by atoms with Gasteiger partial charge in [0.05, 0.1) is 11.1 Å². The topological polar surface area (TPSA) is 99.8 Å². The number of aromatic hydroxyl groups is 1. The third kappa shape index (κ3) is 15.6. The summed E-state index contributed by atoms with van der Waals surface area (Å²) in [6, 6.07) is 3.77. The molecule has 3 N–H and O–H groups in total. The van der Waals surface area contributed by atoms with Crippen LogP contribution in [0.4, 0.5) is 5.69 Å². The number of thiocarbonyl (C=S) groups is 1. The smallest absolute Gasteiger partial charge is 0.270 e. The summed E-state index contributed by atoms with van der Waals surface area (Å²) in [6.45, 7) is 3.05. The van der Waals surface area contributed by atoms with E-state index in [2.05, 4.69) is 22.8 Å². The fourth-order valence-corrected chi connectivity index (χ4v) is 3.99. The van der Waals surface area contributed by atoms with E-state index in [0.29, 0.717) is 5.11 Å². The van der Waals surface area contributed by atoms with Gasteiger partial charge in [-0.05, 0) is 24.7 Å². The highest BCUT2D eigenvalue weighted by atomic mass is 32.1. The lowest BCUT2D eigenvalue weighted by Gasteiger charge is -2.07. The summed E-state index contributed by atoms with van der Waals surface area (Å²) in [6.07, 6.45) is 22.8. The lowest BCUT2D eigenvalue weighted by atomic mass is 10.0. The van der Waals surface area contributed by atoms with Crippen molar-refractivity contribution in [2.45, 2.75) is 110 Å². The van der Waals surface area contributed by atoms with Gasteiger partial charge in [-0.1, -0.05) is 103 Å². The van der Waals surface area contributed by atoms with E-state index in [-0.39, 0.29) is 17.0 Å². The van der Waals surface area contributed by atoms with Crippen molar-refractivity contribution >= 4 is 29.2 Å². The van der Waals surface area contributed by atoms with Gasteiger partial charge in [0.25, 0.3) is 5.69 Å². The Morgan fingerprint density at radius 3 is 1.94 bits per heavy atom. The fourth-order valence-electron chi connectivity index (χ4n) is 3.83. The Kier molecular flexibility index (Phi) is 17.7. The van der Waals surface area contributed by atoms with E-state index in [1.54, 1.807) is 0 Å². The van der Waals surface area contributed by atoms with Gasteiger partial charge in [-0.15, -0.1) is 0 Å². The monoisotopic (exact) mass is 492 g/mol. The molecule has 34 heavy (non-hydrogen) atoms. The summed E-state index contributed by atoms with van der Waals surface area (Å²) in [5.41, 5.74) is 2.81. The van der Waals surface area contributed by atoms with Gasteiger partial charge in [-0.25, -0.2) is 0 Å². The van der Waals surface area contributed by atoms with Crippen molar-refractivity contribution in [2.75, 3.05) is 6.54 Å². The van der Waals surface area contributed by atoms with Crippen LogP contribution >= 0.6 is 12.2 Å². The molecule has 1 aromatic rings. The molecule has 0 aliphatic rings. The molecule has 0 spiro atoms. The molecule has 0 bridgehead atoms. The number of benzene rings is 1. The van der Waals surface area contributed by atoms with Crippen LogP contribution < -0.4 is 10.7 Å². The Bertz CT molecular complexity index is 728. The van der Waals surface area contributed by atoms with Crippen LogP contribution in [0.1, 0.15) is 115 Å². The molecule has 0 aliphatic heterocycles. The number of unbranched alkanes of at least 4 members (excludes halogenated alkanes) is 15. The van der Waals surface area contributed by atoms with Crippen molar-refractivity contribution < 1.29 is 10.0 Å². The Labute approximate surface area is 211 Å². The Morgan fingerprint density at radius 2 is 1.44 bits per heavy atom. The maximum absolute atomic E-state index is 10.8. The third-order valence-electron chi connectivity index (χ3n) is 5.91. The summed E-state index contributed by atoms with van der Waals surface area (Å²) in [5, 5.41) is 28.0. The molecule has 192 valence electrons. The predicted molar refractivity (Wildman–Crippen MR) is 146 cm³/mol. The molecule has 0 saturated heterocycles. The van der Waals surface area contributed by atoms with E-state index >= 15 is 0 Å². The molecular formula is C26H44N4O3S. The molecule has 0 fully saturated rings. The number of nitro benzene ring substituents is 1. The van der Waals surface area contributed by atoms with Crippen LogP contribution in [0.3, 0.4) is 0 Å². The summed E-state index contributed by atoms with van der Waals surface area (Å²) >= 11 is 5.17. The number of hydrogen-bond acceptors (Lipinski definition) is 5. The predicted octanol–water partition coefficient (Wildman–Crippen LogP) is 7.36. The third-order valence-corrected chi connectivity index (χ3v) is 6.14. The van der Waals surface area contributed by atoms with Crippen molar-refractivity contribution in [3.8, 4) is 5.75 Å². The van der Waals surface area contributed by atoms with E-state index in [9.17, 15) is 15.2 Å². The summed E-state index contributed by atoms with van der Waals surface area (Å²) in [5.74, 6) is -0.0804. The number of nitrogens with zero attached hydrogens (tertiary/aromatic N) is 2. The molecule has 0 amide bonds. The lowest BCUT2D eigenvalue weighted by Crippen LogP contribution is -2.32. The van der Waals surface area contributed by atoms with Crippen LogP contribution in [-0.4, -0.2) is 27.9 Å². The quantitative estimate of drug-likeness (QED) is 0.0578. The van der Waals surface area contributed by atoms with Gasteiger partial charge in [0.2, 0.25) is 0 Å². The standard InChI is InChI=1S/C26H44N4O3S/c1-2-3-4-5-6-7-8-9-10-11-12-13-14-15-16-17-20-27-26(34)29-28-22-23-21-24(30(32)33)18-19-25(23)31/h18-19,21-22,31H,2-17,20H2,1H3,(H2,27,29,34)/b28-22+. The first-order valence-electron chi connectivity index (χ1n) is 13.1. The van der Waals surface area contributed by atoms with Crippen LogP contribution in [0.25, 0.3) is 0 Å². The van der Waals surface area contributed by atoms with Crippen LogP contribution in [0.5, 0.6) is 5.75 Å². The molecule has 0 aromatic heterocycles. The molecule has 0 aliphatic carbocycles. The zero-order valence-electron chi connectivity index (χ0n) is 20.9. The second-order valence-electron chi connectivity index (χ2n) is 8.93.